The van der Waals surface area contributed by atoms with E-state index in [0.29, 0.717) is 10.8 Å². The van der Waals surface area contributed by atoms with Crippen molar-refractivity contribution in [2.75, 3.05) is 12.0 Å². The van der Waals surface area contributed by atoms with Crippen molar-refractivity contribution >= 4 is 11.8 Å². The van der Waals surface area contributed by atoms with Crippen molar-refractivity contribution in [2.24, 2.45) is 16.7 Å². The summed E-state index contributed by atoms with van der Waals surface area (Å²) in [4.78, 5) is 0. The van der Waals surface area contributed by atoms with Crippen molar-refractivity contribution < 1.29 is 0 Å². The fourth-order valence-corrected chi connectivity index (χ4v) is 2.45. The molecule has 0 aromatic rings. The Bertz CT molecular complexity index is 146. The highest BCUT2D eigenvalue weighted by atomic mass is 32.2. The standard InChI is InChI=1S/C8H18.C7H16S/c1-7(2)6-8(3,4)5;1-7(2,3)5-6-8-4/h7H,6H2,1-5H3;5-6H2,1-4H3. The fourth-order valence-electron chi connectivity index (χ4n) is 1.63. The Morgan fingerprint density at radius 2 is 1.31 bits per heavy atom. The lowest BCUT2D eigenvalue weighted by Gasteiger charge is -2.19. The lowest BCUT2D eigenvalue weighted by molar-refractivity contribution is 0.320. The summed E-state index contributed by atoms with van der Waals surface area (Å²) < 4.78 is 0. The van der Waals surface area contributed by atoms with Crippen molar-refractivity contribution in [3.05, 3.63) is 0 Å². The van der Waals surface area contributed by atoms with Gasteiger partial charge in [0.05, 0.1) is 0 Å². The maximum atomic E-state index is 2.28. The highest BCUT2D eigenvalue weighted by Crippen LogP contribution is 2.23. The fraction of sp³-hybridized carbons (Fsp3) is 1.00. The lowest BCUT2D eigenvalue weighted by Crippen LogP contribution is -2.08. The number of hydrogen-bond acceptors (Lipinski definition) is 1. The van der Waals surface area contributed by atoms with Crippen LogP contribution in [0.3, 0.4) is 0 Å². The molecule has 0 aliphatic heterocycles. The van der Waals surface area contributed by atoms with Gasteiger partial charge in [-0.15, -0.1) is 0 Å². The number of hydrogen-bond donors (Lipinski definition) is 0. The monoisotopic (exact) mass is 246 g/mol. The molecule has 0 aliphatic rings. The normalized spacial score (nSPS) is 12.4. The first-order valence-electron chi connectivity index (χ1n) is 6.47. The summed E-state index contributed by atoms with van der Waals surface area (Å²) in [5.41, 5.74) is 1.05. The minimum atomic E-state index is 0.522. The van der Waals surface area contributed by atoms with Gasteiger partial charge in [-0.25, -0.2) is 0 Å². The molecule has 0 saturated carbocycles. The Kier molecular flexibility index (Phi) is 9.87. The molecule has 0 N–H and O–H groups in total. The van der Waals surface area contributed by atoms with E-state index in [1.165, 1.54) is 18.6 Å². The smallest absolute Gasteiger partial charge is 0.00653 e. The van der Waals surface area contributed by atoms with Crippen molar-refractivity contribution in [2.45, 2.75) is 68.2 Å². The molecule has 0 nitrogen and oxygen atoms in total. The molecule has 0 saturated heterocycles. The van der Waals surface area contributed by atoms with Crippen molar-refractivity contribution in [1.82, 2.24) is 0 Å². The van der Waals surface area contributed by atoms with E-state index >= 15 is 0 Å². The Balaban J connectivity index is 0. The zero-order valence-corrected chi connectivity index (χ0v) is 13.9. The van der Waals surface area contributed by atoms with E-state index in [-0.39, 0.29) is 0 Å². The second-order valence-electron chi connectivity index (χ2n) is 7.46. The van der Waals surface area contributed by atoms with E-state index in [0.717, 1.165) is 5.92 Å². The van der Waals surface area contributed by atoms with Gasteiger partial charge in [-0.2, -0.15) is 11.8 Å². The molecule has 0 bridgehead atoms. The van der Waals surface area contributed by atoms with Crippen LogP contribution in [0.4, 0.5) is 0 Å². The van der Waals surface area contributed by atoms with E-state index in [1.807, 2.05) is 11.8 Å². The van der Waals surface area contributed by atoms with Crippen LogP contribution in [0.2, 0.25) is 0 Å². The molecule has 0 spiro atoms. The molecule has 1 heteroatoms. The van der Waals surface area contributed by atoms with E-state index in [1.54, 1.807) is 0 Å². The summed E-state index contributed by atoms with van der Waals surface area (Å²) in [5.74, 6) is 2.14. The topological polar surface area (TPSA) is 0 Å². The third-order valence-electron chi connectivity index (χ3n) is 2.08. The Hall–Kier alpha value is 0.350. The molecule has 0 radical (unpaired) electrons. The van der Waals surface area contributed by atoms with Crippen molar-refractivity contribution in [3.63, 3.8) is 0 Å². The molecule has 0 amide bonds. The van der Waals surface area contributed by atoms with Gasteiger partial charge >= 0.3 is 0 Å². The largest absolute Gasteiger partial charge is 0.165 e. The molecular weight excluding hydrogens is 212 g/mol. The average molecular weight is 247 g/mol. The predicted molar refractivity (Wildman–Crippen MR) is 81.4 cm³/mol. The highest BCUT2D eigenvalue weighted by molar-refractivity contribution is 7.98. The van der Waals surface area contributed by atoms with Gasteiger partial charge in [0.25, 0.3) is 0 Å². The average Bonchev–Trinajstić information content (AvgIpc) is 1.95. The van der Waals surface area contributed by atoms with E-state index in [2.05, 4.69) is 61.6 Å². The summed E-state index contributed by atoms with van der Waals surface area (Å²) in [6.45, 7) is 18.2. The van der Waals surface area contributed by atoms with Gasteiger partial charge in [0.15, 0.2) is 0 Å². The lowest BCUT2D eigenvalue weighted by atomic mass is 9.86. The van der Waals surface area contributed by atoms with Gasteiger partial charge in [0, 0.05) is 0 Å². The van der Waals surface area contributed by atoms with Crippen LogP contribution in [0.5, 0.6) is 0 Å². The first-order valence-corrected chi connectivity index (χ1v) is 7.86. The SMILES string of the molecule is CC(C)CC(C)(C)C.CSCCC(C)(C)C. The third kappa shape index (κ3) is 23.9. The molecule has 0 aromatic heterocycles. The van der Waals surface area contributed by atoms with Crippen LogP contribution in [0.15, 0.2) is 0 Å². The molecule has 0 unspecified atom stereocenters. The second kappa shape index (κ2) is 8.44. The summed E-state index contributed by atoms with van der Waals surface area (Å²) in [6.07, 6.45) is 4.81. The molecule has 16 heavy (non-hydrogen) atoms. The predicted octanol–water partition coefficient (Wildman–Crippen LogP) is 5.86. The van der Waals surface area contributed by atoms with Crippen LogP contribution in [-0.4, -0.2) is 12.0 Å². The van der Waals surface area contributed by atoms with E-state index < -0.39 is 0 Å². The Labute approximate surface area is 109 Å². The molecule has 100 valence electrons. The van der Waals surface area contributed by atoms with Gasteiger partial charge in [-0.3, -0.25) is 0 Å². The maximum absolute atomic E-state index is 2.28. The molecule has 0 heterocycles. The van der Waals surface area contributed by atoms with Crippen molar-refractivity contribution in [1.29, 1.82) is 0 Å². The number of thioether (sulfide) groups is 1. The first-order chi connectivity index (χ1) is 6.98. The van der Waals surface area contributed by atoms with Gasteiger partial charge in [0.1, 0.15) is 0 Å². The highest BCUT2D eigenvalue weighted by Gasteiger charge is 2.11. The summed E-state index contributed by atoms with van der Waals surface area (Å²) >= 11 is 1.93. The van der Waals surface area contributed by atoms with E-state index in [9.17, 15) is 0 Å². The molecular formula is C15H34S. The quantitative estimate of drug-likeness (QED) is 0.600. The Morgan fingerprint density at radius 3 is 1.38 bits per heavy atom. The van der Waals surface area contributed by atoms with Crippen LogP contribution in [0, 0.1) is 16.7 Å². The molecule has 0 rings (SSSR count). The van der Waals surface area contributed by atoms with Crippen LogP contribution in [0.25, 0.3) is 0 Å². The molecule has 0 atom stereocenters. The van der Waals surface area contributed by atoms with Crippen LogP contribution in [-0.2, 0) is 0 Å². The van der Waals surface area contributed by atoms with Crippen LogP contribution in [0.1, 0.15) is 68.2 Å². The van der Waals surface area contributed by atoms with Crippen LogP contribution >= 0.6 is 11.8 Å². The third-order valence-corrected chi connectivity index (χ3v) is 2.69. The summed E-state index contributed by atoms with van der Waals surface area (Å²) in [7, 11) is 0. The maximum Gasteiger partial charge on any atom is -0.00653 e. The van der Waals surface area contributed by atoms with E-state index in [4.69, 9.17) is 0 Å². The summed E-state index contributed by atoms with van der Waals surface area (Å²) in [6, 6.07) is 0. The minimum Gasteiger partial charge on any atom is -0.165 e. The second-order valence-corrected chi connectivity index (χ2v) is 8.45. The Morgan fingerprint density at radius 1 is 0.875 bits per heavy atom. The minimum absolute atomic E-state index is 0.522. The van der Waals surface area contributed by atoms with Gasteiger partial charge in [-0.05, 0) is 41.6 Å². The van der Waals surface area contributed by atoms with Gasteiger partial charge < -0.3 is 0 Å². The van der Waals surface area contributed by atoms with Crippen molar-refractivity contribution in [3.8, 4) is 0 Å². The van der Waals surface area contributed by atoms with Gasteiger partial charge in [0.2, 0.25) is 0 Å². The zero-order valence-electron chi connectivity index (χ0n) is 13.1. The van der Waals surface area contributed by atoms with Crippen LogP contribution < -0.4 is 0 Å². The zero-order chi connectivity index (χ0) is 13.4. The molecule has 0 fully saturated rings. The number of rotatable bonds is 3. The van der Waals surface area contributed by atoms with Gasteiger partial charge in [-0.1, -0.05) is 55.4 Å². The molecule has 0 aromatic carbocycles. The first kappa shape index (κ1) is 18.7. The summed E-state index contributed by atoms with van der Waals surface area (Å²) in [5, 5.41) is 0. The molecule has 0 aliphatic carbocycles.